The fourth-order valence-corrected chi connectivity index (χ4v) is 2.85. The molecule has 1 unspecified atom stereocenters. The molecule has 0 bridgehead atoms. The van der Waals surface area contributed by atoms with Crippen molar-refractivity contribution in [1.29, 1.82) is 0 Å². The SMILES string of the molecule is CCN1CCc2ncsc2C(NC)C1=O. The minimum atomic E-state index is -0.199. The molecule has 0 aliphatic carbocycles. The Bertz CT molecular complexity index is 363. The number of nitrogens with one attached hydrogen (secondary N) is 1. The van der Waals surface area contributed by atoms with E-state index >= 15 is 0 Å². The molecule has 0 saturated heterocycles. The van der Waals surface area contributed by atoms with Crippen molar-refractivity contribution in [3.8, 4) is 0 Å². The number of nitrogens with zero attached hydrogens (tertiary/aromatic N) is 2. The molecule has 1 N–H and O–H groups in total. The van der Waals surface area contributed by atoms with E-state index in [2.05, 4.69) is 10.3 Å². The standard InChI is InChI=1S/C10H15N3OS/c1-3-13-5-4-7-9(15-6-12-7)8(11-2)10(13)14/h6,8,11H,3-5H2,1-2H3. The first-order valence-electron chi connectivity index (χ1n) is 5.16. The van der Waals surface area contributed by atoms with E-state index in [0.717, 1.165) is 30.1 Å². The molecule has 0 fully saturated rings. The van der Waals surface area contributed by atoms with Gasteiger partial charge in [-0.05, 0) is 14.0 Å². The number of thiazole rings is 1. The lowest BCUT2D eigenvalue weighted by atomic mass is 10.2. The number of carbonyl (C=O) groups is 1. The van der Waals surface area contributed by atoms with Gasteiger partial charge < -0.3 is 10.2 Å². The van der Waals surface area contributed by atoms with E-state index < -0.39 is 0 Å². The predicted octanol–water partition coefficient (Wildman–Crippen LogP) is 0.808. The van der Waals surface area contributed by atoms with Crippen LogP contribution in [0.2, 0.25) is 0 Å². The molecule has 4 nitrogen and oxygen atoms in total. The molecule has 0 spiro atoms. The molecule has 0 aromatic carbocycles. The highest BCUT2D eigenvalue weighted by Gasteiger charge is 2.30. The van der Waals surface area contributed by atoms with E-state index in [1.807, 2.05) is 24.4 Å². The Morgan fingerprint density at radius 1 is 1.73 bits per heavy atom. The molecule has 5 heteroatoms. The van der Waals surface area contributed by atoms with Gasteiger partial charge in [-0.3, -0.25) is 4.79 Å². The lowest BCUT2D eigenvalue weighted by Crippen LogP contribution is -2.38. The van der Waals surface area contributed by atoms with Gasteiger partial charge in [0.05, 0.1) is 16.1 Å². The van der Waals surface area contributed by atoms with Crippen molar-refractivity contribution in [3.63, 3.8) is 0 Å². The summed E-state index contributed by atoms with van der Waals surface area (Å²) >= 11 is 1.57. The fraction of sp³-hybridized carbons (Fsp3) is 0.600. The number of amides is 1. The number of fused-ring (bicyclic) bond motifs is 1. The number of carbonyl (C=O) groups excluding carboxylic acids is 1. The zero-order valence-corrected chi connectivity index (χ0v) is 9.80. The van der Waals surface area contributed by atoms with Crippen molar-refractivity contribution in [3.05, 3.63) is 16.1 Å². The molecule has 1 aliphatic rings. The minimum Gasteiger partial charge on any atom is -0.341 e. The Hall–Kier alpha value is -0.940. The van der Waals surface area contributed by atoms with Crippen molar-refractivity contribution >= 4 is 17.2 Å². The topological polar surface area (TPSA) is 45.2 Å². The molecule has 1 amide bonds. The van der Waals surface area contributed by atoms with Crippen molar-refractivity contribution < 1.29 is 4.79 Å². The highest BCUT2D eigenvalue weighted by molar-refractivity contribution is 7.10. The summed E-state index contributed by atoms with van der Waals surface area (Å²) in [5.74, 6) is 0.169. The van der Waals surface area contributed by atoms with Gasteiger partial charge in [0.25, 0.3) is 0 Å². The molecule has 15 heavy (non-hydrogen) atoms. The van der Waals surface area contributed by atoms with E-state index in [1.54, 1.807) is 11.3 Å². The van der Waals surface area contributed by atoms with Gasteiger partial charge in [-0.2, -0.15) is 0 Å². The van der Waals surface area contributed by atoms with Gasteiger partial charge in [-0.15, -0.1) is 11.3 Å². The molecule has 0 saturated carbocycles. The molecule has 0 radical (unpaired) electrons. The normalized spacial score (nSPS) is 21.3. The molecule has 1 atom stereocenters. The Labute approximate surface area is 93.3 Å². The summed E-state index contributed by atoms with van der Waals surface area (Å²) in [5.41, 5.74) is 2.90. The second kappa shape index (κ2) is 4.28. The van der Waals surface area contributed by atoms with Crippen LogP contribution in [0.3, 0.4) is 0 Å². The largest absolute Gasteiger partial charge is 0.341 e. The van der Waals surface area contributed by atoms with E-state index in [4.69, 9.17) is 0 Å². The number of likely N-dealkylation sites (N-methyl/N-ethyl adjacent to an activating group) is 2. The summed E-state index contributed by atoms with van der Waals surface area (Å²) in [6.45, 7) is 3.56. The Morgan fingerprint density at radius 3 is 3.20 bits per heavy atom. The first-order valence-corrected chi connectivity index (χ1v) is 6.04. The van der Waals surface area contributed by atoms with Crippen molar-refractivity contribution in [1.82, 2.24) is 15.2 Å². The number of rotatable bonds is 2. The predicted molar refractivity (Wildman–Crippen MR) is 59.9 cm³/mol. The molecular formula is C10H15N3OS. The second-order valence-corrected chi connectivity index (χ2v) is 4.44. The van der Waals surface area contributed by atoms with Crippen LogP contribution in [-0.2, 0) is 11.2 Å². The van der Waals surface area contributed by atoms with Crippen molar-refractivity contribution in [2.45, 2.75) is 19.4 Å². The average Bonchev–Trinajstić information content (AvgIpc) is 2.64. The van der Waals surface area contributed by atoms with Crippen LogP contribution in [0.1, 0.15) is 23.5 Å². The first kappa shape index (κ1) is 10.6. The summed E-state index contributed by atoms with van der Waals surface area (Å²) in [6, 6.07) is -0.199. The second-order valence-electron chi connectivity index (χ2n) is 3.55. The molecule has 2 heterocycles. The third kappa shape index (κ3) is 1.77. The van der Waals surface area contributed by atoms with Crippen molar-refractivity contribution in [2.75, 3.05) is 20.1 Å². The van der Waals surface area contributed by atoms with Gasteiger partial charge in [0, 0.05) is 19.5 Å². The van der Waals surface area contributed by atoms with Crippen LogP contribution in [0.5, 0.6) is 0 Å². The third-order valence-electron chi connectivity index (χ3n) is 2.78. The molecule has 1 aromatic heterocycles. The van der Waals surface area contributed by atoms with E-state index in [-0.39, 0.29) is 11.9 Å². The maximum Gasteiger partial charge on any atom is 0.245 e. The molecular weight excluding hydrogens is 210 g/mol. The number of hydrogen-bond acceptors (Lipinski definition) is 4. The van der Waals surface area contributed by atoms with Gasteiger partial charge in [0.2, 0.25) is 5.91 Å². The lowest BCUT2D eigenvalue weighted by molar-refractivity contribution is -0.132. The minimum absolute atomic E-state index is 0.169. The summed E-state index contributed by atoms with van der Waals surface area (Å²) < 4.78 is 0. The van der Waals surface area contributed by atoms with E-state index in [0.29, 0.717) is 0 Å². The molecule has 1 aliphatic heterocycles. The Balaban J connectivity index is 2.35. The average molecular weight is 225 g/mol. The van der Waals surface area contributed by atoms with Crippen molar-refractivity contribution in [2.24, 2.45) is 0 Å². The van der Waals surface area contributed by atoms with E-state index in [9.17, 15) is 4.79 Å². The number of aromatic nitrogens is 1. The van der Waals surface area contributed by atoms with Crippen LogP contribution >= 0.6 is 11.3 Å². The van der Waals surface area contributed by atoms with E-state index in [1.165, 1.54) is 0 Å². The highest BCUT2D eigenvalue weighted by Crippen LogP contribution is 2.27. The van der Waals surface area contributed by atoms with Crippen LogP contribution in [-0.4, -0.2) is 35.9 Å². The number of hydrogen-bond donors (Lipinski definition) is 1. The van der Waals surface area contributed by atoms with Gasteiger partial charge >= 0.3 is 0 Å². The zero-order chi connectivity index (χ0) is 10.8. The van der Waals surface area contributed by atoms with Crippen LogP contribution in [0, 0.1) is 0 Å². The summed E-state index contributed by atoms with van der Waals surface area (Å²) in [7, 11) is 1.82. The van der Waals surface area contributed by atoms with Gasteiger partial charge in [-0.1, -0.05) is 0 Å². The van der Waals surface area contributed by atoms with Crippen LogP contribution < -0.4 is 5.32 Å². The van der Waals surface area contributed by atoms with Gasteiger partial charge in [0.1, 0.15) is 6.04 Å². The lowest BCUT2D eigenvalue weighted by Gasteiger charge is -2.22. The van der Waals surface area contributed by atoms with Crippen LogP contribution in [0.25, 0.3) is 0 Å². The quantitative estimate of drug-likeness (QED) is 0.810. The summed E-state index contributed by atoms with van der Waals surface area (Å²) in [6.07, 6.45) is 0.872. The molecule has 2 rings (SSSR count). The summed E-state index contributed by atoms with van der Waals surface area (Å²) in [5, 5.41) is 3.08. The maximum atomic E-state index is 12.1. The molecule has 82 valence electrons. The van der Waals surface area contributed by atoms with Gasteiger partial charge in [0.15, 0.2) is 0 Å². The van der Waals surface area contributed by atoms with Crippen LogP contribution in [0.15, 0.2) is 5.51 Å². The summed E-state index contributed by atoms with van der Waals surface area (Å²) in [4.78, 5) is 19.4. The van der Waals surface area contributed by atoms with Crippen LogP contribution in [0.4, 0.5) is 0 Å². The Morgan fingerprint density at radius 2 is 2.53 bits per heavy atom. The maximum absolute atomic E-state index is 12.1. The Kier molecular flexibility index (Phi) is 3.02. The highest BCUT2D eigenvalue weighted by atomic mass is 32.1. The first-order chi connectivity index (χ1) is 7.27. The zero-order valence-electron chi connectivity index (χ0n) is 8.99. The smallest absolute Gasteiger partial charge is 0.245 e. The molecule has 1 aromatic rings. The monoisotopic (exact) mass is 225 g/mol. The van der Waals surface area contributed by atoms with Gasteiger partial charge in [-0.25, -0.2) is 4.98 Å². The third-order valence-corrected chi connectivity index (χ3v) is 3.72. The fourth-order valence-electron chi connectivity index (χ4n) is 1.92.